The SMILES string of the molecule is COc1ccc(OC)c(NC(=O)CC(=O)NCc2ccccc2OC)c1. The summed E-state index contributed by atoms with van der Waals surface area (Å²) in [5.74, 6) is 0.887. The molecule has 7 heteroatoms. The summed E-state index contributed by atoms with van der Waals surface area (Å²) < 4.78 is 15.6. The van der Waals surface area contributed by atoms with E-state index in [0.29, 0.717) is 22.9 Å². The van der Waals surface area contributed by atoms with Crippen molar-refractivity contribution in [3.8, 4) is 17.2 Å². The number of carbonyl (C=O) groups excluding carboxylic acids is 2. The number of ether oxygens (including phenoxy) is 3. The molecule has 0 bridgehead atoms. The Hall–Kier alpha value is -3.22. The van der Waals surface area contributed by atoms with Crippen molar-refractivity contribution in [3.63, 3.8) is 0 Å². The van der Waals surface area contributed by atoms with Gasteiger partial charge in [-0.3, -0.25) is 9.59 Å². The Balaban J connectivity index is 1.92. The summed E-state index contributed by atoms with van der Waals surface area (Å²) in [6, 6.07) is 12.4. The van der Waals surface area contributed by atoms with Crippen LogP contribution in [0.3, 0.4) is 0 Å². The lowest BCUT2D eigenvalue weighted by atomic mass is 10.2. The van der Waals surface area contributed by atoms with Crippen LogP contribution in [0.2, 0.25) is 0 Å². The molecule has 2 rings (SSSR count). The van der Waals surface area contributed by atoms with Crippen LogP contribution in [0.15, 0.2) is 42.5 Å². The van der Waals surface area contributed by atoms with Gasteiger partial charge in [0, 0.05) is 18.2 Å². The number of nitrogens with one attached hydrogen (secondary N) is 2. The van der Waals surface area contributed by atoms with Gasteiger partial charge in [0.05, 0.1) is 27.0 Å². The van der Waals surface area contributed by atoms with Crippen LogP contribution in [0.1, 0.15) is 12.0 Å². The third kappa shape index (κ3) is 5.14. The number of amides is 2. The quantitative estimate of drug-likeness (QED) is 0.708. The largest absolute Gasteiger partial charge is 0.497 e. The molecule has 0 unspecified atom stereocenters. The highest BCUT2D eigenvalue weighted by Crippen LogP contribution is 2.28. The molecule has 0 heterocycles. The van der Waals surface area contributed by atoms with E-state index < -0.39 is 11.8 Å². The number of hydrogen-bond acceptors (Lipinski definition) is 5. The summed E-state index contributed by atoms with van der Waals surface area (Å²) in [6.07, 6.45) is -0.310. The highest BCUT2D eigenvalue weighted by molar-refractivity contribution is 6.04. The van der Waals surface area contributed by atoms with Crippen molar-refractivity contribution in [1.82, 2.24) is 5.32 Å². The fourth-order valence-electron chi connectivity index (χ4n) is 2.36. The van der Waals surface area contributed by atoms with Gasteiger partial charge in [0.2, 0.25) is 11.8 Å². The molecule has 0 aliphatic rings. The normalized spacial score (nSPS) is 9.96. The van der Waals surface area contributed by atoms with Crippen molar-refractivity contribution in [1.29, 1.82) is 0 Å². The van der Waals surface area contributed by atoms with E-state index in [1.54, 1.807) is 25.3 Å². The Kier molecular flexibility index (Phi) is 6.84. The van der Waals surface area contributed by atoms with E-state index in [4.69, 9.17) is 14.2 Å². The van der Waals surface area contributed by atoms with Crippen molar-refractivity contribution in [3.05, 3.63) is 48.0 Å². The van der Waals surface area contributed by atoms with Gasteiger partial charge in [-0.25, -0.2) is 0 Å². The second kappa shape index (κ2) is 9.31. The molecule has 0 radical (unpaired) electrons. The van der Waals surface area contributed by atoms with Crippen LogP contribution >= 0.6 is 0 Å². The molecule has 2 aromatic rings. The van der Waals surface area contributed by atoms with E-state index >= 15 is 0 Å². The van der Waals surface area contributed by atoms with Crippen LogP contribution in [0.5, 0.6) is 17.2 Å². The Labute approximate surface area is 152 Å². The number of carbonyl (C=O) groups is 2. The third-order valence-corrected chi connectivity index (χ3v) is 3.67. The molecule has 2 amide bonds. The first-order valence-electron chi connectivity index (χ1n) is 7.97. The van der Waals surface area contributed by atoms with Gasteiger partial charge >= 0.3 is 0 Å². The van der Waals surface area contributed by atoms with Crippen molar-refractivity contribution in [2.24, 2.45) is 0 Å². The first kappa shape index (κ1) is 19.1. The Morgan fingerprint density at radius 1 is 0.885 bits per heavy atom. The Morgan fingerprint density at radius 2 is 1.62 bits per heavy atom. The second-order valence-electron chi connectivity index (χ2n) is 5.38. The minimum Gasteiger partial charge on any atom is -0.497 e. The fraction of sp³-hybridized carbons (Fsp3) is 0.263. The molecule has 2 aromatic carbocycles. The van der Waals surface area contributed by atoms with Crippen LogP contribution < -0.4 is 24.8 Å². The van der Waals surface area contributed by atoms with Crippen molar-refractivity contribution < 1.29 is 23.8 Å². The zero-order valence-electron chi connectivity index (χ0n) is 15.0. The van der Waals surface area contributed by atoms with Gasteiger partial charge < -0.3 is 24.8 Å². The zero-order chi connectivity index (χ0) is 18.9. The van der Waals surface area contributed by atoms with Crippen LogP contribution in [-0.4, -0.2) is 33.1 Å². The number of hydrogen-bond donors (Lipinski definition) is 2. The maximum Gasteiger partial charge on any atom is 0.233 e. The molecule has 0 spiro atoms. The van der Waals surface area contributed by atoms with Gasteiger partial charge in [0.15, 0.2) is 0 Å². The molecule has 138 valence electrons. The van der Waals surface area contributed by atoms with Crippen molar-refractivity contribution in [2.45, 2.75) is 13.0 Å². The van der Waals surface area contributed by atoms with E-state index in [9.17, 15) is 9.59 Å². The summed E-state index contributed by atoms with van der Waals surface area (Å²) in [5, 5.41) is 5.36. The number of benzene rings is 2. The Morgan fingerprint density at radius 3 is 2.31 bits per heavy atom. The van der Waals surface area contributed by atoms with E-state index in [1.807, 2.05) is 24.3 Å². The molecular weight excluding hydrogens is 336 g/mol. The molecule has 26 heavy (non-hydrogen) atoms. The Bertz CT molecular complexity index is 776. The maximum atomic E-state index is 12.1. The van der Waals surface area contributed by atoms with Gasteiger partial charge in [0.1, 0.15) is 23.7 Å². The molecule has 0 aromatic heterocycles. The minimum absolute atomic E-state index is 0.276. The van der Waals surface area contributed by atoms with Gasteiger partial charge in [-0.05, 0) is 18.2 Å². The molecular formula is C19H22N2O5. The lowest BCUT2D eigenvalue weighted by Crippen LogP contribution is -2.28. The number of para-hydroxylation sites is 1. The number of methoxy groups -OCH3 is 3. The molecule has 7 nitrogen and oxygen atoms in total. The standard InChI is InChI=1S/C19H22N2O5/c1-24-14-8-9-17(26-3)15(10-14)21-19(23)11-18(22)20-12-13-6-4-5-7-16(13)25-2/h4-10H,11-12H2,1-3H3,(H,20,22)(H,21,23). The second-order valence-corrected chi connectivity index (χ2v) is 5.38. The molecule has 0 saturated carbocycles. The summed E-state index contributed by atoms with van der Waals surface area (Å²) in [6.45, 7) is 0.276. The monoisotopic (exact) mass is 358 g/mol. The lowest BCUT2D eigenvalue weighted by molar-refractivity contribution is -0.126. The first-order chi connectivity index (χ1) is 12.6. The van der Waals surface area contributed by atoms with E-state index in [0.717, 1.165) is 5.56 Å². The average molecular weight is 358 g/mol. The number of rotatable bonds is 8. The molecule has 2 N–H and O–H groups in total. The first-order valence-corrected chi connectivity index (χ1v) is 7.97. The van der Waals surface area contributed by atoms with Gasteiger partial charge in [-0.2, -0.15) is 0 Å². The minimum atomic E-state index is -0.450. The van der Waals surface area contributed by atoms with Crippen LogP contribution in [0, 0.1) is 0 Å². The van der Waals surface area contributed by atoms with Crippen molar-refractivity contribution in [2.75, 3.05) is 26.6 Å². The molecule has 0 aliphatic heterocycles. The average Bonchev–Trinajstić information content (AvgIpc) is 2.66. The highest BCUT2D eigenvalue weighted by Gasteiger charge is 2.13. The van der Waals surface area contributed by atoms with Crippen LogP contribution in [-0.2, 0) is 16.1 Å². The van der Waals surface area contributed by atoms with Gasteiger partial charge in [-0.15, -0.1) is 0 Å². The lowest BCUT2D eigenvalue weighted by Gasteiger charge is -2.12. The fourth-order valence-corrected chi connectivity index (χ4v) is 2.36. The van der Waals surface area contributed by atoms with Crippen molar-refractivity contribution >= 4 is 17.5 Å². The van der Waals surface area contributed by atoms with E-state index in [2.05, 4.69) is 10.6 Å². The van der Waals surface area contributed by atoms with Gasteiger partial charge in [0.25, 0.3) is 0 Å². The van der Waals surface area contributed by atoms with Crippen LogP contribution in [0.25, 0.3) is 0 Å². The predicted octanol–water partition coefficient (Wildman–Crippen LogP) is 2.36. The van der Waals surface area contributed by atoms with E-state index in [1.165, 1.54) is 14.2 Å². The van der Waals surface area contributed by atoms with Crippen LogP contribution in [0.4, 0.5) is 5.69 Å². The molecule has 0 fully saturated rings. The maximum absolute atomic E-state index is 12.1. The number of anilines is 1. The highest BCUT2D eigenvalue weighted by atomic mass is 16.5. The molecule has 0 aliphatic carbocycles. The topological polar surface area (TPSA) is 85.9 Å². The summed E-state index contributed by atoms with van der Waals surface area (Å²) >= 11 is 0. The predicted molar refractivity (Wildman–Crippen MR) is 97.6 cm³/mol. The van der Waals surface area contributed by atoms with Gasteiger partial charge in [-0.1, -0.05) is 18.2 Å². The molecule has 0 saturated heterocycles. The molecule has 0 atom stereocenters. The summed E-state index contributed by atoms with van der Waals surface area (Å²) in [7, 11) is 4.59. The summed E-state index contributed by atoms with van der Waals surface area (Å²) in [5.41, 5.74) is 1.27. The third-order valence-electron chi connectivity index (χ3n) is 3.67. The van der Waals surface area contributed by atoms with E-state index in [-0.39, 0.29) is 13.0 Å². The smallest absolute Gasteiger partial charge is 0.233 e. The zero-order valence-corrected chi connectivity index (χ0v) is 15.0. The summed E-state index contributed by atoms with van der Waals surface area (Å²) in [4.78, 5) is 24.2.